The van der Waals surface area contributed by atoms with Gasteiger partial charge in [-0.3, -0.25) is 0 Å². The monoisotopic (exact) mass is 235 g/mol. The molecule has 1 saturated carbocycles. The van der Waals surface area contributed by atoms with Gasteiger partial charge in [-0.05, 0) is 31.8 Å². The van der Waals surface area contributed by atoms with Gasteiger partial charge in [0.2, 0.25) is 5.89 Å². The van der Waals surface area contributed by atoms with Gasteiger partial charge < -0.3 is 9.84 Å². The van der Waals surface area contributed by atoms with E-state index in [2.05, 4.69) is 22.4 Å². The summed E-state index contributed by atoms with van der Waals surface area (Å²) in [6.07, 6.45) is 6.47. The molecule has 2 fully saturated rings. The Morgan fingerprint density at radius 1 is 1.24 bits per heavy atom. The molecule has 94 valence electrons. The second-order valence-corrected chi connectivity index (χ2v) is 5.53. The second-order valence-electron chi connectivity index (χ2n) is 5.53. The van der Waals surface area contributed by atoms with Crippen molar-refractivity contribution in [3.05, 3.63) is 11.7 Å². The third-order valence-corrected chi connectivity index (χ3v) is 4.34. The quantitative estimate of drug-likeness (QED) is 0.874. The first-order valence-electron chi connectivity index (χ1n) is 6.89. The molecule has 1 N–H and O–H groups in total. The zero-order valence-corrected chi connectivity index (χ0v) is 10.5. The van der Waals surface area contributed by atoms with E-state index in [4.69, 9.17) is 4.52 Å². The Labute approximate surface area is 102 Å². The lowest BCUT2D eigenvalue weighted by Crippen LogP contribution is -2.44. The van der Waals surface area contributed by atoms with Gasteiger partial charge in [0.15, 0.2) is 5.82 Å². The fourth-order valence-electron chi connectivity index (χ4n) is 2.83. The maximum atomic E-state index is 5.45. The number of nitrogens with zero attached hydrogens (tertiary/aromatic N) is 2. The summed E-state index contributed by atoms with van der Waals surface area (Å²) in [6, 6.07) is 0. The van der Waals surface area contributed by atoms with E-state index in [1.807, 2.05) is 0 Å². The highest BCUT2D eigenvalue weighted by Gasteiger charge is 2.30. The van der Waals surface area contributed by atoms with Crippen molar-refractivity contribution in [2.24, 2.45) is 5.92 Å². The van der Waals surface area contributed by atoms with Crippen LogP contribution in [-0.2, 0) is 0 Å². The Bertz CT molecular complexity index is 350. The van der Waals surface area contributed by atoms with Gasteiger partial charge in [-0.25, -0.2) is 0 Å². The average Bonchev–Trinajstić information content (AvgIpc) is 2.77. The predicted molar refractivity (Wildman–Crippen MR) is 64.9 cm³/mol. The van der Waals surface area contributed by atoms with Crippen molar-refractivity contribution >= 4 is 0 Å². The van der Waals surface area contributed by atoms with Crippen molar-refractivity contribution in [3.8, 4) is 0 Å². The lowest BCUT2D eigenvalue weighted by molar-refractivity contribution is 0.251. The molecule has 4 nitrogen and oxygen atoms in total. The molecule has 1 saturated heterocycles. The van der Waals surface area contributed by atoms with Gasteiger partial charge >= 0.3 is 0 Å². The highest BCUT2D eigenvalue weighted by atomic mass is 16.5. The highest BCUT2D eigenvalue weighted by molar-refractivity contribution is 5.02. The van der Waals surface area contributed by atoms with E-state index in [0.29, 0.717) is 17.8 Å². The van der Waals surface area contributed by atoms with Crippen LogP contribution in [0.4, 0.5) is 0 Å². The lowest BCUT2D eigenvalue weighted by Gasteiger charge is -2.30. The SMILES string of the molecule is CC(c1nc(C2CCCCC2)no1)C1CNC1. The second kappa shape index (κ2) is 4.77. The molecule has 0 bridgehead atoms. The van der Waals surface area contributed by atoms with Crippen molar-refractivity contribution < 1.29 is 4.52 Å². The smallest absolute Gasteiger partial charge is 0.229 e. The fourth-order valence-corrected chi connectivity index (χ4v) is 2.83. The maximum Gasteiger partial charge on any atom is 0.229 e. The van der Waals surface area contributed by atoms with Crippen molar-refractivity contribution in [2.45, 2.75) is 50.9 Å². The lowest BCUT2D eigenvalue weighted by atomic mass is 9.88. The summed E-state index contributed by atoms with van der Waals surface area (Å²) in [7, 11) is 0. The Kier molecular flexibility index (Phi) is 3.14. The summed E-state index contributed by atoms with van der Waals surface area (Å²) in [5.74, 6) is 3.43. The molecule has 0 radical (unpaired) electrons. The molecule has 3 rings (SSSR count). The highest BCUT2D eigenvalue weighted by Crippen LogP contribution is 2.32. The van der Waals surface area contributed by atoms with E-state index in [1.54, 1.807) is 0 Å². The van der Waals surface area contributed by atoms with Gasteiger partial charge in [-0.1, -0.05) is 31.3 Å². The molecular weight excluding hydrogens is 214 g/mol. The molecule has 17 heavy (non-hydrogen) atoms. The summed E-state index contributed by atoms with van der Waals surface area (Å²) in [6.45, 7) is 4.37. The minimum Gasteiger partial charge on any atom is -0.339 e. The van der Waals surface area contributed by atoms with E-state index < -0.39 is 0 Å². The zero-order valence-electron chi connectivity index (χ0n) is 10.5. The number of hydrogen-bond acceptors (Lipinski definition) is 4. The van der Waals surface area contributed by atoms with Gasteiger partial charge in [0.25, 0.3) is 0 Å². The van der Waals surface area contributed by atoms with Crippen molar-refractivity contribution in [1.82, 2.24) is 15.5 Å². The van der Waals surface area contributed by atoms with Gasteiger partial charge in [0.05, 0.1) is 0 Å². The van der Waals surface area contributed by atoms with Crippen LogP contribution in [0.3, 0.4) is 0 Å². The molecule has 1 aromatic heterocycles. The van der Waals surface area contributed by atoms with E-state index in [1.165, 1.54) is 32.1 Å². The Morgan fingerprint density at radius 2 is 2.00 bits per heavy atom. The van der Waals surface area contributed by atoms with Crippen LogP contribution >= 0.6 is 0 Å². The first kappa shape index (κ1) is 11.2. The zero-order chi connectivity index (χ0) is 11.7. The van der Waals surface area contributed by atoms with Crippen LogP contribution in [0.2, 0.25) is 0 Å². The van der Waals surface area contributed by atoms with Crippen molar-refractivity contribution in [1.29, 1.82) is 0 Å². The minimum absolute atomic E-state index is 0.404. The normalized spacial score (nSPS) is 24.5. The molecule has 2 aliphatic rings. The largest absolute Gasteiger partial charge is 0.339 e. The molecule has 1 unspecified atom stereocenters. The van der Waals surface area contributed by atoms with E-state index in [9.17, 15) is 0 Å². The summed E-state index contributed by atoms with van der Waals surface area (Å²) >= 11 is 0. The fraction of sp³-hybridized carbons (Fsp3) is 0.846. The standard InChI is InChI=1S/C13H21N3O/c1-9(11-7-14-8-11)13-15-12(16-17-13)10-5-3-2-4-6-10/h9-11,14H,2-8H2,1H3. The van der Waals surface area contributed by atoms with Gasteiger partial charge in [-0.2, -0.15) is 4.98 Å². The molecule has 1 atom stereocenters. The maximum absolute atomic E-state index is 5.45. The van der Waals surface area contributed by atoms with Crippen LogP contribution in [0.15, 0.2) is 4.52 Å². The van der Waals surface area contributed by atoms with Crippen LogP contribution in [0.25, 0.3) is 0 Å². The van der Waals surface area contributed by atoms with E-state index in [-0.39, 0.29) is 0 Å². The first-order valence-corrected chi connectivity index (χ1v) is 6.89. The van der Waals surface area contributed by atoms with E-state index >= 15 is 0 Å². The number of aromatic nitrogens is 2. The van der Waals surface area contributed by atoms with Crippen LogP contribution in [0, 0.1) is 5.92 Å². The first-order chi connectivity index (χ1) is 8.34. The van der Waals surface area contributed by atoms with Gasteiger partial charge in [-0.15, -0.1) is 0 Å². The summed E-state index contributed by atoms with van der Waals surface area (Å²) in [4.78, 5) is 4.63. The Hall–Kier alpha value is -0.900. The molecule has 2 heterocycles. The van der Waals surface area contributed by atoms with Gasteiger partial charge in [0.1, 0.15) is 0 Å². The van der Waals surface area contributed by atoms with E-state index in [0.717, 1.165) is 24.8 Å². The minimum atomic E-state index is 0.404. The Morgan fingerprint density at radius 3 is 2.65 bits per heavy atom. The van der Waals surface area contributed by atoms with Crippen LogP contribution < -0.4 is 5.32 Å². The third kappa shape index (κ3) is 2.23. The molecule has 1 aromatic rings. The molecule has 0 amide bonds. The Balaban J connectivity index is 1.68. The van der Waals surface area contributed by atoms with Crippen molar-refractivity contribution in [3.63, 3.8) is 0 Å². The van der Waals surface area contributed by atoms with Crippen LogP contribution in [0.5, 0.6) is 0 Å². The van der Waals surface area contributed by atoms with Crippen molar-refractivity contribution in [2.75, 3.05) is 13.1 Å². The molecule has 0 aromatic carbocycles. The molecular formula is C13H21N3O. The summed E-state index contributed by atoms with van der Waals surface area (Å²) in [5, 5.41) is 7.49. The average molecular weight is 235 g/mol. The topological polar surface area (TPSA) is 51.0 Å². The summed E-state index contributed by atoms with van der Waals surface area (Å²) in [5.41, 5.74) is 0. The van der Waals surface area contributed by atoms with Crippen LogP contribution in [0.1, 0.15) is 62.6 Å². The third-order valence-electron chi connectivity index (χ3n) is 4.34. The number of nitrogens with one attached hydrogen (secondary N) is 1. The molecule has 4 heteroatoms. The molecule has 1 aliphatic heterocycles. The number of hydrogen-bond donors (Lipinski definition) is 1. The molecule has 0 spiro atoms. The predicted octanol–water partition coefficient (Wildman–Crippen LogP) is 2.44. The molecule has 1 aliphatic carbocycles. The van der Waals surface area contributed by atoms with Gasteiger partial charge in [0, 0.05) is 11.8 Å². The summed E-state index contributed by atoms with van der Waals surface area (Å²) < 4.78 is 5.45. The number of rotatable bonds is 3. The van der Waals surface area contributed by atoms with Crippen LogP contribution in [-0.4, -0.2) is 23.2 Å².